The van der Waals surface area contributed by atoms with E-state index < -0.39 is 21.9 Å². The fourth-order valence-corrected chi connectivity index (χ4v) is 5.70. The first-order valence-electron chi connectivity index (χ1n) is 11.3. The van der Waals surface area contributed by atoms with Crippen LogP contribution in [0.4, 0.5) is 5.69 Å². The van der Waals surface area contributed by atoms with E-state index in [4.69, 9.17) is 9.47 Å². The van der Waals surface area contributed by atoms with Crippen molar-refractivity contribution in [1.29, 1.82) is 0 Å². The van der Waals surface area contributed by atoms with Crippen LogP contribution in [0.3, 0.4) is 0 Å². The molecule has 0 saturated heterocycles. The Labute approximate surface area is 218 Å². The van der Waals surface area contributed by atoms with Gasteiger partial charge in [0.25, 0.3) is 15.9 Å². The van der Waals surface area contributed by atoms with Gasteiger partial charge >= 0.3 is 5.97 Å². The second-order valence-corrected chi connectivity index (χ2v) is 10.7. The molecule has 0 spiro atoms. The highest BCUT2D eigenvalue weighted by molar-refractivity contribution is 7.92. The molecule has 0 atom stereocenters. The van der Waals surface area contributed by atoms with Crippen molar-refractivity contribution in [2.75, 3.05) is 18.4 Å². The van der Waals surface area contributed by atoms with Crippen LogP contribution < -0.4 is 14.3 Å². The molecule has 0 bridgehead atoms. The van der Waals surface area contributed by atoms with Gasteiger partial charge in [-0.05, 0) is 56.3 Å². The Morgan fingerprint density at radius 3 is 2.49 bits per heavy atom. The molecule has 0 fully saturated rings. The summed E-state index contributed by atoms with van der Waals surface area (Å²) in [6.45, 7) is 4.07. The molecular formula is C26H25N3O6S2. The third-order valence-corrected chi connectivity index (χ3v) is 7.83. The van der Waals surface area contributed by atoms with Crippen LogP contribution in [0.5, 0.6) is 5.75 Å². The SMILES string of the molecule is CCOc1ccc2c(c1)sc(=NC(=O)c1ccccc1NS(=O)(=O)c1ccc(C)cc1)n2CC(=O)OC. The van der Waals surface area contributed by atoms with Gasteiger partial charge in [-0.25, -0.2) is 8.42 Å². The molecule has 0 aliphatic carbocycles. The van der Waals surface area contributed by atoms with Crippen LogP contribution in [0, 0.1) is 6.92 Å². The number of aryl methyl sites for hydroxylation is 1. The summed E-state index contributed by atoms with van der Waals surface area (Å²) < 4.78 is 41.1. The van der Waals surface area contributed by atoms with Crippen LogP contribution in [-0.4, -0.2) is 38.6 Å². The van der Waals surface area contributed by atoms with Gasteiger partial charge in [-0.1, -0.05) is 41.2 Å². The third-order valence-electron chi connectivity index (χ3n) is 5.41. The zero-order chi connectivity index (χ0) is 26.6. The lowest BCUT2D eigenvalue weighted by atomic mass is 10.2. The summed E-state index contributed by atoms with van der Waals surface area (Å²) in [6.07, 6.45) is 0. The van der Waals surface area contributed by atoms with E-state index >= 15 is 0 Å². The Hall–Kier alpha value is -3.96. The van der Waals surface area contributed by atoms with Crippen molar-refractivity contribution in [2.45, 2.75) is 25.3 Å². The van der Waals surface area contributed by atoms with Crippen LogP contribution in [0.15, 0.2) is 76.6 Å². The standard InChI is InChI=1S/C26H25N3O6S2/c1-4-35-18-11-14-22-23(15-18)36-26(29(22)16-24(30)34-3)27-25(31)20-7-5-6-8-21(20)28-37(32,33)19-12-9-17(2)10-13-19/h5-15,28H,4,16H2,1-3H3. The first-order chi connectivity index (χ1) is 17.7. The molecule has 1 heterocycles. The van der Waals surface area contributed by atoms with Gasteiger partial charge in [0.15, 0.2) is 4.80 Å². The van der Waals surface area contributed by atoms with Crippen molar-refractivity contribution in [1.82, 2.24) is 4.57 Å². The van der Waals surface area contributed by atoms with E-state index in [0.29, 0.717) is 17.9 Å². The zero-order valence-electron chi connectivity index (χ0n) is 20.4. The van der Waals surface area contributed by atoms with Crippen LogP contribution in [0.1, 0.15) is 22.8 Å². The minimum Gasteiger partial charge on any atom is -0.494 e. The van der Waals surface area contributed by atoms with E-state index in [9.17, 15) is 18.0 Å². The second kappa shape index (κ2) is 11.0. The predicted octanol–water partition coefficient (Wildman–Crippen LogP) is 4.12. The van der Waals surface area contributed by atoms with Gasteiger partial charge < -0.3 is 14.0 Å². The van der Waals surface area contributed by atoms with Crippen molar-refractivity contribution in [3.05, 3.63) is 82.7 Å². The number of para-hydroxylation sites is 1. The molecule has 4 aromatic rings. The van der Waals surface area contributed by atoms with Crippen molar-refractivity contribution >= 4 is 49.1 Å². The predicted molar refractivity (Wildman–Crippen MR) is 141 cm³/mol. The first kappa shape index (κ1) is 26.1. The number of hydrogen-bond acceptors (Lipinski definition) is 7. The molecule has 4 rings (SSSR count). The topological polar surface area (TPSA) is 116 Å². The molecule has 1 aromatic heterocycles. The number of rotatable bonds is 8. The monoisotopic (exact) mass is 539 g/mol. The quantitative estimate of drug-likeness (QED) is 0.337. The fraction of sp³-hybridized carbons (Fsp3) is 0.192. The number of anilines is 1. The zero-order valence-corrected chi connectivity index (χ0v) is 22.1. The normalized spacial score (nSPS) is 11.9. The molecule has 9 nitrogen and oxygen atoms in total. The van der Waals surface area contributed by atoms with Crippen molar-refractivity contribution in [3.63, 3.8) is 0 Å². The molecule has 0 aliphatic rings. The number of methoxy groups -OCH3 is 1. The second-order valence-electron chi connectivity index (χ2n) is 7.99. The molecule has 192 valence electrons. The summed E-state index contributed by atoms with van der Waals surface area (Å²) in [7, 11) is -2.66. The number of amides is 1. The highest BCUT2D eigenvalue weighted by Crippen LogP contribution is 2.25. The number of fused-ring (bicyclic) bond motifs is 1. The molecule has 0 saturated carbocycles. The van der Waals surface area contributed by atoms with E-state index in [-0.39, 0.29) is 27.5 Å². The molecule has 11 heteroatoms. The summed E-state index contributed by atoms with van der Waals surface area (Å²) in [5.41, 5.74) is 1.76. The van der Waals surface area contributed by atoms with Crippen LogP contribution in [-0.2, 0) is 26.1 Å². The van der Waals surface area contributed by atoms with E-state index in [0.717, 1.165) is 10.3 Å². The van der Waals surface area contributed by atoms with Crippen LogP contribution in [0.25, 0.3) is 10.2 Å². The summed E-state index contributed by atoms with van der Waals surface area (Å²) in [4.78, 5) is 30.0. The maximum absolute atomic E-state index is 13.3. The molecule has 0 aliphatic heterocycles. The lowest BCUT2D eigenvalue weighted by Crippen LogP contribution is -2.22. The number of nitrogens with one attached hydrogen (secondary N) is 1. The van der Waals surface area contributed by atoms with Gasteiger partial charge in [-0.2, -0.15) is 4.99 Å². The minimum absolute atomic E-state index is 0.0651. The fourth-order valence-electron chi connectivity index (χ4n) is 3.57. The summed E-state index contributed by atoms with van der Waals surface area (Å²) in [6, 6.07) is 18.0. The lowest BCUT2D eigenvalue weighted by molar-refractivity contribution is -0.141. The Morgan fingerprint density at radius 2 is 1.78 bits per heavy atom. The Kier molecular flexibility index (Phi) is 7.74. The number of ether oxygens (including phenoxy) is 2. The van der Waals surface area contributed by atoms with E-state index in [1.54, 1.807) is 41.0 Å². The number of esters is 1. The summed E-state index contributed by atoms with van der Waals surface area (Å²) >= 11 is 1.21. The lowest BCUT2D eigenvalue weighted by Gasteiger charge is -2.11. The largest absolute Gasteiger partial charge is 0.494 e. The van der Waals surface area contributed by atoms with Gasteiger partial charge in [0.1, 0.15) is 12.3 Å². The average molecular weight is 540 g/mol. The van der Waals surface area contributed by atoms with Crippen molar-refractivity contribution in [3.8, 4) is 5.75 Å². The maximum Gasteiger partial charge on any atom is 0.325 e. The molecule has 1 N–H and O–H groups in total. The highest BCUT2D eigenvalue weighted by atomic mass is 32.2. The van der Waals surface area contributed by atoms with Gasteiger partial charge in [0.2, 0.25) is 0 Å². The Morgan fingerprint density at radius 1 is 1.05 bits per heavy atom. The van der Waals surface area contributed by atoms with Crippen molar-refractivity contribution in [2.24, 2.45) is 4.99 Å². The van der Waals surface area contributed by atoms with E-state index in [1.807, 2.05) is 19.9 Å². The van der Waals surface area contributed by atoms with E-state index in [1.165, 1.54) is 42.7 Å². The Bertz CT molecular complexity index is 1640. The number of thiazole rings is 1. The molecule has 3 aromatic carbocycles. The minimum atomic E-state index is -3.94. The van der Waals surface area contributed by atoms with Gasteiger partial charge in [0.05, 0.1) is 40.1 Å². The number of aromatic nitrogens is 1. The van der Waals surface area contributed by atoms with E-state index in [2.05, 4.69) is 9.71 Å². The average Bonchev–Trinajstić information content (AvgIpc) is 3.20. The molecule has 1 amide bonds. The number of nitrogens with zero attached hydrogens (tertiary/aromatic N) is 2. The highest BCUT2D eigenvalue weighted by Gasteiger charge is 2.19. The molecule has 0 unspecified atom stereocenters. The smallest absolute Gasteiger partial charge is 0.325 e. The first-order valence-corrected chi connectivity index (χ1v) is 13.6. The van der Waals surface area contributed by atoms with Crippen molar-refractivity contribution < 1.29 is 27.5 Å². The summed E-state index contributed by atoms with van der Waals surface area (Å²) in [5.74, 6) is -0.527. The van der Waals surface area contributed by atoms with Gasteiger partial charge in [-0.3, -0.25) is 14.3 Å². The number of benzene rings is 3. The molecule has 0 radical (unpaired) electrons. The third kappa shape index (κ3) is 5.89. The Balaban J connectivity index is 1.76. The van der Waals surface area contributed by atoms with Crippen LogP contribution in [0.2, 0.25) is 0 Å². The number of carbonyl (C=O) groups is 2. The summed E-state index contributed by atoms with van der Waals surface area (Å²) in [5, 5.41) is 0. The number of carbonyl (C=O) groups excluding carboxylic acids is 2. The van der Waals surface area contributed by atoms with Gasteiger partial charge in [0, 0.05) is 0 Å². The number of sulfonamides is 1. The number of hydrogen-bond donors (Lipinski definition) is 1. The molecule has 37 heavy (non-hydrogen) atoms. The maximum atomic E-state index is 13.3. The van der Waals surface area contributed by atoms with Crippen LogP contribution >= 0.6 is 11.3 Å². The van der Waals surface area contributed by atoms with Gasteiger partial charge in [-0.15, -0.1) is 0 Å². The molecular weight excluding hydrogens is 514 g/mol.